The van der Waals surface area contributed by atoms with Crippen molar-refractivity contribution in [2.45, 2.75) is 13.8 Å². The van der Waals surface area contributed by atoms with Crippen molar-refractivity contribution in [2.24, 2.45) is 0 Å². The Kier molecular flexibility index (Phi) is 3.44. The van der Waals surface area contributed by atoms with Gasteiger partial charge in [0, 0.05) is 11.9 Å². The lowest BCUT2D eigenvalue weighted by molar-refractivity contribution is 0.618. The highest BCUT2D eigenvalue weighted by molar-refractivity contribution is 5.56. The molecule has 0 aliphatic carbocycles. The Hall–Kier alpha value is -2.62. The Morgan fingerprint density at radius 1 is 1.05 bits per heavy atom. The van der Waals surface area contributed by atoms with Crippen LogP contribution in [0.15, 0.2) is 54.7 Å². The third kappa shape index (κ3) is 2.79. The van der Waals surface area contributed by atoms with Gasteiger partial charge in [-0.2, -0.15) is 0 Å². The van der Waals surface area contributed by atoms with Gasteiger partial charge in [0.15, 0.2) is 0 Å². The van der Waals surface area contributed by atoms with E-state index in [2.05, 4.69) is 10.3 Å². The quantitative estimate of drug-likeness (QED) is 0.772. The van der Waals surface area contributed by atoms with Crippen molar-refractivity contribution in [3.05, 3.63) is 71.8 Å². The van der Waals surface area contributed by atoms with E-state index in [-0.39, 0.29) is 5.82 Å². The fourth-order valence-corrected chi connectivity index (χ4v) is 2.23. The van der Waals surface area contributed by atoms with Gasteiger partial charge in [-0.25, -0.2) is 9.37 Å². The first-order valence-corrected chi connectivity index (χ1v) is 6.78. The molecule has 0 fully saturated rings. The van der Waals surface area contributed by atoms with Gasteiger partial charge in [-0.05, 0) is 43.7 Å². The second-order valence-electron chi connectivity index (χ2n) is 5.02. The molecule has 1 N–H and O–H groups in total. The smallest absolute Gasteiger partial charge is 0.212 e. The summed E-state index contributed by atoms with van der Waals surface area (Å²) in [5.41, 5.74) is 3.24. The molecule has 0 saturated carbocycles. The topological polar surface area (TPSA) is 29.9 Å². The number of hydrogen-bond acceptors (Lipinski definition) is 2. The zero-order valence-corrected chi connectivity index (χ0v) is 12.0. The molecule has 0 aliphatic rings. The lowest BCUT2D eigenvalue weighted by Gasteiger charge is -2.11. The van der Waals surface area contributed by atoms with E-state index in [0.29, 0.717) is 11.6 Å². The Balaban J connectivity index is 2.05. The summed E-state index contributed by atoms with van der Waals surface area (Å²) in [7, 11) is 0. The van der Waals surface area contributed by atoms with Crippen molar-refractivity contribution in [3.8, 4) is 5.69 Å². The molecule has 0 aliphatic heterocycles. The summed E-state index contributed by atoms with van der Waals surface area (Å²) >= 11 is 0. The van der Waals surface area contributed by atoms with Crippen LogP contribution < -0.4 is 5.32 Å². The van der Waals surface area contributed by atoms with Crippen LogP contribution in [0.1, 0.15) is 11.3 Å². The second-order valence-corrected chi connectivity index (χ2v) is 5.02. The van der Waals surface area contributed by atoms with Gasteiger partial charge in [0.1, 0.15) is 5.82 Å². The van der Waals surface area contributed by atoms with E-state index in [4.69, 9.17) is 0 Å². The normalized spacial score (nSPS) is 10.6. The van der Waals surface area contributed by atoms with Crippen LogP contribution in [0.3, 0.4) is 0 Å². The molecule has 3 rings (SSSR count). The van der Waals surface area contributed by atoms with E-state index in [1.807, 2.05) is 56.4 Å². The van der Waals surface area contributed by atoms with Gasteiger partial charge in [0.05, 0.1) is 11.4 Å². The van der Waals surface area contributed by atoms with Gasteiger partial charge in [-0.1, -0.05) is 24.3 Å². The summed E-state index contributed by atoms with van der Waals surface area (Å²) in [5, 5.41) is 3.22. The Labute approximate surface area is 123 Å². The van der Waals surface area contributed by atoms with E-state index < -0.39 is 0 Å². The second kappa shape index (κ2) is 5.40. The van der Waals surface area contributed by atoms with Crippen molar-refractivity contribution >= 4 is 11.6 Å². The fourth-order valence-electron chi connectivity index (χ4n) is 2.23. The lowest BCUT2D eigenvalue weighted by Crippen LogP contribution is -2.03. The van der Waals surface area contributed by atoms with Crippen molar-refractivity contribution in [1.29, 1.82) is 0 Å². The van der Waals surface area contributed by atoms with E-state index >= 15 is 0 Å². The first kappa shape index (κ1) is 13.4. The van der Waals surface area contributed by atoms with Crippen LogP contribution in [-0.2, 0) is 0 Å². The number of para-hydroxylation sites is 1. The predicted octanol–water partition coefficient (Wildman–Crippen LogP) is 4.37. The van der Waals surface area contributed by atoms with E-state index in [1.165, 1.54) is 6.07 Å². The van der Waals surface area contributed by atoms with Crippen LogP contribution in [0, 0.1) is 19.7 Å². The number of aryl methyl sites for hydroxylation is 2. The average Bonchev–Trinajstić information content (AvgIpc) is 2.83. The van der Waals surface area contributed by atoms with Gasteiger partial charge in [-0.3, -0.25) is 4.57 Å². The molecule has 0 radical (unpaired) electrons. The third-order valence-electron chi connectivity index (χ3n) is 3.22. The Bertz CT molecular complexity index is 763. The molecular formula is C17H16FN3. The van der Waals surface area contributed by atoms with E-state index in [1.54, 1.807) is 10.6 Å². The molecule has 3 aromatic rings. The average molecular weight is 281 g/mol. The molecular weight excluding hydrogens is 265 g/mol. The Morgan fingerprint density at radius 2 is 1.81 bits per heavy atom. The third-order valence-corrected chi connectivity index (χ3v) is 3.22. The van der Waals surface area contributed by atoms with Gasteiger partial charge in [0.2, 0.25) is 5.95 Å². The summed E-state index contributed by atoms with van der Waals surface area (Å²) in [5.74, 6) is 0.331. The zero-order chi connectivity index (χ0) is 14.8. The maximum Gasteiger partial charge on any atom is 0.212 e. The number of rotatable bonds is 3. The minimum Gasteiger partial charge on any atom is -0.325 e. The van der Waals surface area contributed by atoms with E-state index in [0.717, 1.165) is 16.9 Å². The molecule has 1 aromatic heterocycles. The van der Waals surface area contributed by atoms with Gasteiger partial charge in [0.25, 0.3) is 0 Å². The zero-order valence-electron chi connectivity index (χ0n) is 12.0. The maximum absolute atomic E-state index is 14.1. The number of aromatic nitrogens is 2. The van der Waals surface area contributed by atoms with Crippen molar-refractivity contribution in [3.63, 3.8) is 0 Å². The number of benzene rings is 2. The predicted molar refractivity (Wildman–Crippen MR) is 82.7 cm³/mol. The molecule has 2 aromatic carbocycles. The minimum atomic E-state index is -0.269. The molecule has 0 saturated heterocycles. The van der Waals surface area contributed by atoms with Crippen LogP contribution in [0.5, 0.6) is 0 Å². The highest BCUT2D eigenvalue weighted by atomic mass is 19.1. The Morgan fingerprint density at radius 3 is 2.57 bits per heavy atom. The summed E-state index contributed by atoms with van der Waals surface area (Å²) in [6.45, 7) is 3.83. The molecule has 1 heterocycles. The molecule has 0 amide bonds. The van der Waals surface area contributed by atoms with Crippen molar-refractivity contribution in [1.82, 2.24) is 9.55 Å². The highest BCUT2D eigenvalue weighted by Crippen LogP contribution is 2.23. The first-order valence-electron chi connectivity index (χ1n) is 6.78. The van der Waals surface area contributed by atoms with Crippen LogP contribution in [0.4, 0.5) is 16.0 Å². The molecule has 21 heavy (non-hydrogen) atoms. The fraction of sp³-hybridized carbons (Fsp3) is 0.118. The number of halogens is 1. The number of imidazole rings is 1. The van der Waals surface area contributed by atoms with Crippen LogP contribution >= 0.6 is 0 Å². The number of hydrogen-bond donors (Lipinski definition) is 1. The maximum atomic E-state index is 14.1. The van der Waals surface area contributed by atoms with Crippen LogP contribution in [-0.4, -0.2) is 9.55 Å². The molecule has 106 valence electrons. The molecule has 0 unspecified atom stereocenters. The largest absolute Gasteiger partial charge is 0.325 e. The molecule has 4 heteroatoms. The molecule has 0 spiro atoms. The molecule has 3 nitrogen and oxygen atoms in total. The van der Waals surface area contributed by atoms with Gasteiger partial charge in [-0.15, -0.1) is 0 Å². The van der Waals surface area contributed by atoms with Gasteiger partial charge < -0.3 is 5.32 Å². The summed E-state index contributed by atoms with van der Waals surface area (Å²) in [6, 6.07) is 14.8. The monoisotopic (exact) mass is 281 g/mol. The molecule has 0 atom stereocenters. The number of anilines is 2. The van der Waals surface area contributed by atoms with Crippen molar-refractivity contribution < 1.29 is 4.39 Å². The number of nitrogens with one attached hydrogen (secondary N) is 1. The van der Waals surface area contributed by atoms with E-state index in [9.17, 15) is 4.39 Å². The van der Waals surface area contributed by atoms with Crippen LogP contribution in [0.25, 0.3) is 5.69 Å². The summed E-state index contributed by atoms with van der Waals surface area (Å²) in [6.07, 6.45) is 1.82. The highest BCUT2D eigenvalue weighted by Gasteiger charge is 2.11. The first-order chi connectivity index (χ1) is 10.1. The standard InChI is InChI=1S/C17H16FN3/c1-12-8-9-15(18)16(10-12)21-11-13(2)19-17(21)20-14-6-4-3-5-7-14/h3-11H,1-2H3,(H,19,20). The van der Waals surface area contributed by atoms with Crippen molar-refractivity contribution in [2.75, 3.05) is 5.32 Å². The van der Waals surface area contributed by atoms with Crippen LogP contribution in [0.2, 0.25) is 0 Å². The van der Waals surface area contributed by atoms with Gasteiger partial charge >= 0.3 is 0 Å². The minimum absolute atomic E-state index is 0.269. The molecule has 0 bridgehead atoms. The lowest BCUT2D eigenvalue weighted by atomic mass is 10.2. The summed E-state index contributed by atoms with van der Waals surface area (Å²) in [4.78, 5) is 4.44. The SMILES string of the molecule is Cc1ccc(F)c(-n2cc(C)nc2Nc2ccccc2)c1. The number of nitrogens with zero attached hydrogens (tertiary/aromatic N) is 2. The summed E-state index contributed by atoms with van der Waals surface area (Å²) < 4.78 is 15.8.